The zero-order chi connectivity index (χ0) is 28.6. The Morgan fingerprint density at radius 1 is 0.875 bits per heavy atom. The third-order valence-electron chi connectivity index (χ3n) is 7.22. The zero-order valence-corrected chi connectivity index (χ0v) is 22.0. The van der Waals surface area contributed by atoms with Crippen LogP contribution >= 0.6 is 0 Å². The summed E-state index contributed by atoms with van der Waals surface area (Å²) in [5.41, 5.74) is 1.94. The summed E-state index contributed by atoms with van der Waals surface area (Å²) in [4.78, 5) is 27.8. The number of benzene rings is 3. The fourth-order valence-electron chi connectivity index (χ4n) is 5.49. The van der Waals surface area contributed by atoms with E-state index in [-0.39, 0.29) is 57.9 Å². The molecule has 0 spiro atoms. The van der Waals surface area contributed by atoms with Crippen molar-refractivity contribution in [2.75, 3.05) is 31.5 Å². The SMILES string of the molecule is COc1cc([C@@H]2C3=C(C[C@H](c4ccccc4)CC3=O)Nc3ccccc3N2C(=O)C(F)(F)F)cc(OC)c1OC. The molecule has 40 heavy (non-hydrogen) atoms. The number of fused-ring (bicyclic) bond motifs is 1. The first kappa shape index (κ1) is 27.1. The summed E-state index contributed by atoms with van der Waals surface area (Å²) in [6, 6.07) is 17.2. The van der Waals surface area contributed by atoms with Crippen molar-refractivity contribution >= 4 is 23.1 Å². The lowest BCUT2D eigenvalue weighted by Gasteiger charge is -2.35. The van der Waals surface area contributed by atoms with Crippen LogP contribution in [0.25, 0.3) is 0 Å². The van der Waals surface area contributed by atoms with Gasteiger partial charge in [-0.2, -0.15) is 13.2 Å². The third-order valence-corrected chi connectivity index (χ3v) is 7.22. The van der Waals surface area contributed by atoms with Crippen LogP contribution in [0.15, 0.2) is 78.0 Å². The summed E-state index contributed by atoms with van der Waals surface area (Å²) in [5, 5.41) is 3.22. The van der Waals surface area contributed by atoms with Crippen LogP contribution in [-0.4, -0.2) is 39.2 Å². The molecule has 0 saturated carbocycles. The van der Waals surface area contributed by atoms with Crippen molar-refractivity contribution in [3.63, 3.8) is 0 Å². The number of halogens is 3. The van der Waals surface area contributed by atoms with Crippen molar-refractivity contribution in [3.8, 4) is 17.2 Å². The van der Waals surface area contributed by atoms with Crippen molar-refractivity contribution in [2.24, 2.45) is 0 Å². The molecular weight excluding hydrogens is 525 g/mol. The second-order valence-corrected chi connectivity index (χ2v) is 9.51. The van der Waals surface area contributed by atoms with Gasteiger partial charge in [-0.1, -0.05) is 42.5 Å². The molecule has 3 aromatic rings. The Balaban J connectivity index is 1.80. The highest BCUT2D eigenvalue weighted by atomic mass is 19.4. The van der Waals surface area contributed by atoms with E-state index in [4.69, 9.17) is 14.2 Å². The number of methoxy groups -OCH3 is 3. The molecule has 1 amide bonds. The fourth-order valence-corrected chi connectivity index (χ4v) is 5.49. The minimum absolute atomic E-state index is 0.0120. The molecule has 0 unspecified atom stereocenters. The molecular formula is C30H27F3N2O5. The summed E-state index contributed by atoms with van der Waals surface area (Å²) < 4.78 is 58.9. The maximum Gasteiger partial charge on any atom is 0.471 e. The number of amides is 1. The van der Waals surface area contributed by atoms with E-state index in [1.165, 1.54) is 39.5 Å². The van der Waals surface area contributed by atoms with Crippen LogP contribution in [0.5, 0.6) is 17.2 Å². The molecule has 0 bridgehead atoms. The predicted molar refractivity (Wildman–Crippen MR) is 143 cm³/mol. The summed E-state index contributed by atoms with van der Waals surface area (Å²) in [7, 11) is 4.16. The lowest BCUT2D eigenvalue weighted by atomic mass is 9.78. The number of Topliss-reactive ketones (excluding diaryl/α,β-unsaturated/α-hetero) is 1. The summed E-state index contributed by atoms with van der Waals surface area (Å²) in [5.74, 6) is -2.09. The molecule has 1 heterocycles. The Labute approximate surface area is 229 Å². The summed E-state index contributed by atoms with van der Waals surface area (Å²) >= 11 is 0. The number of carbonyl (C=O) groups excluding carboxylic acids is 2. The first-order valence-corrected chi connectivity index (χ1v) is 12.6. The average molecular weight is 553 g/mol. The van der Waals surface area contributed by atoms with Gasteiger partial charge in [-0.25, -0.2) is 0 Å². The number of hydrogen-bond acceptors (Lipinski definition) is 6. The largest absolute Gasteiger partial charge is 0.493 e. The number of hydrogen-bond donors (Lipinski definition) is 1. The van der Waals surface area contributed by atoms with Crippen LogP contribution in [0.2, 0.25) is 0 Å². The second kappa shape index (κ2) is 10.6. The standard InChI is InChI=1S/C30H27F3N2O5/c1-38-24-15-19(16-25(39-2)28(24)40-3)27-26-21(13-18(14-23(26)36)17-9-5-4-6-10-17)34-20-11-7-8-12-22(20)35(27)29(37)30(31,32)33/h4-12,15-16,18,27,34H,13-14H2,1-3H3/t18-,27+/m0/s1. The quantitative estimate of drug-likeness (QED) is 0.408. The molecule has 0 fully saturated rings. The van der Waals surface area contributed by atoms with Gasteiger partial charge in [0.05, 0.1) is 38.7 Å². The molecule has 208 valence electrons. The minimum atomic E-state index is -5.22. The van der Waals surface area contributed by atoms with Crippen molar-refractivity contribution < 1.29 is 37.0 Å². The molecule has 7 nitrogen and oxygen atoms in total. The third kappa shape index (κ3) is 4.74. The highest BCUT2D eigenvalue weighted by molar-refractivity contribution is 6.07. The number of rotatable bonds is 5. The topological polar surface area (TPSA) is 77.1 Å². The monoisotopic (exact) mass is 552 g/mol. The van der Waals surface area contributed by atoms with Crippen LogP contribution in [0.1, 0.15) is 35.9 Å². The summed E-state index contributed by atoms with van der Waals surface area (Å²) in [6.45, 7) is 0. The average Bonchev–Trinajstić information content (AvgIpc) is 3.10. The van der Waals surface area contributed by atoms with Crippen LogP contribution in [0.3, 0.4) is 0 Å². The van der Waals surface area contributed by atoms with E-state index < -0.39 is 18.1 Å². The van der Waals surface area contributed by atoms with Crippen LogP contribution in [0.4, 0.5) is 24.5 Å². The minimum Gasteiger partial charge on any atom is -0.493 e. The highest BCUT2D eigenvalue weighted by Crippen LogP contribution is 2.50. The van der Waals surface area contributed by atoms with E-state index in [1.54, 1.807) is 18.2 Å². The molecule has 3 aromatic carbocycles. The van der Waals surface area contributed by atoms with Crippen molar-refractivity contribution in [3.05, 3.63) is 89.1 Å². The van der Waals surface area contributed by atoms with Gasteiger partial charge in [0.2, 0.25) is 5.75 Å². The zero-order valence-electron chi connectivity index (χ0n) is 22.0. The second-order valence-electron chi connectivity index (χ2n) is 9.51. The first-order valence-electron chi connectivity index (χ1n) is 12.6. The van der Waals surface area contributed by atoms with Gasteiger partial charge in [0, 0.05) is 17.7 Å². The molecule has 10 heteroatoms. The number of para-hydroxylation sites is 2. The first-order chi connectivity index (χ1) is 19.2. The molecule has 1 aliphatic carbocycles. The Hall–Kier alpha value is -4.47. The number of nitrogens with zero attached hydrogens (tertiary/aromatic N) is 1. The maximum atomic E-state index is 14.2. The molecule has 0 radical (unpaired) electrons. The number of ether oxygens (including phenoxy) is 3. The number of allylic oxidation sites excluding steroid dienone is 1. The highest BCUT2D eigenvalue weighted by Gasteiger charge is 2.50. The van der Waals surface area contributed by atoms with E-state index in [0.717, 1.165) is 5.56 Å². The number of ketones is 1. The number of anilines is 2. The number of nitrogens with one attached hydrogen (secondary N) is 1. The van der Waals surface area contributed by atoms with E-state index in [1.807, 2.05) is 30.3 Å². The van der Waals surface area contributed by atoms with Crippen molar-refractivity contribution in [1.29, 1.82) is 0 Å². The molecule has 5 rings (SSSR count). The Morgan fingerprint density at radius 3 is 2.10 bits per heavy atom. The van der Waals surface area contributed by atoms with Crippen molar-refractivity contribution in [2.45, 2.75) is 31.0 Å². The van der Waals surface area contributed by atoms with E-state index in [9.17, 15) is 22.8 Å². The molecule has 0 aromatic heterocycles. The Morgan fingerprint density at radius 2 is 1.50 bits per heavy atom. The molecule has 0 saturated heterocycles. The van der Waals surface area contributed by atoms with Gasteiger partial charge in [0.25, 0.3) is 0 Å². The van der Waals surface area contributed by atoms with Gasteiger partial charge < -0.3 is 19.5 Å². The Kier molecular flexibility index (Phi) is 7.18. The lowest BCUT2D eigenvalue weighted by Crippen LogP contribution is -2.45. The van der Waals surface area contributed by atoms with E-state index >= 15 is 0 Å². The van der Waals surface area contributed by atoms with Crippen LogP contribution < -0.4 is 24.4 Å². The normalized spacial score (nSPS) is 18.8. The van der Waals surface area contributed by atoms with Crippen molar-refractivity contribution in [1.82, 2.24) is 0 Å². The molecule has 1 N–H and O–H groups in total. The predicted octanol–water partition coefficient (Wildman–Crippen LogP) is 6.18. The van der Waals surface area contributed by atoms with Gasteiger partial charge in [-0.3, -0.25) is 14.5 Å². The maximum absolute atomic E-state index is 14.2. The van der Waals surface area contributed by atoms with Gasteiger partial charge in [-0.05, 0) is 47.7 Å². The number of carbonyl (C=O) groups is 2. The molecule has 1 aliphatic heterocycles. The Bertz CT molecular complexity index is 1460. The van der Waals surface area contributed by atoms with E-state index in [2.05, 4.69) is 5.32 Å². The molecule has 2 atom stereocenters. The van der Waals surface area contributed by atoms with Gasteiger partial charge >= 0.3 is 12.1 Å². The van der Waals surface area contributed by atoms with Gasteiger partial charge in [0.15, 0.2) is 17.3 Å². The fraction of sp³-hybridized carbons (Fsp3) is 0.267. The van der Waals surface area contributed by atoms with Gasteiger partial charge in [-0.15, -0.1) is 0 Å². The molecule has 2 aliphatic rings. The van der Waals surface area contributed by atoms with Crippen LogP contribution in [0, 0.1) is 0 Å². The number of alkyl halides is 3. The lowest BCUT2D eigenvalue weighted by molar-refractivity contribution is -0.170. The van der Waals surface area contributed by atoms with Gasteiger partial charge in [0.1, 0.15) is 0 Å². The van der Waals surface area contributed by atoms with Crippen LogP contribution in [-0.2, 0) is 9.59 Å². The summed E-state index contributed by atoms with van der Waals surface area (Å²) in [6.07, 6.45) is -4.80. The smallest absolute Gasteiger partial charge is 0.471 e. The van der Waals surface area contributed by atoms with E-state index in [0.29, 0.717) is 17.0 Å².